The third-order valence-electron chi connectivity index (χ3n) is 3.88. The number of rotatable bonds is 3. The van der Waals surface area contributed by atoms with Crippen LogP contribution < -0.4 is 5.32 Å². The molecule has 0 aliphatic carbocycles. The Morgan fingerprint density at radius 2 is 1.87 bits per heavy atom. The monoisotopic (exact) mass is 318 g/mol. The molecule has 3 rings (SSSR count). The summed E-state index contributed by atoms with van der Waals surface area (Å²) in [6, 6.07) is 13.0. The molecule has 0 fully saturated rings. The topological polar surface area (TPSA) is 24.4 Å². The van der Waals surface area contributed by atoms with Gasteiger partial charge in [-0.05, 0) is 35.2 Å². The maximum absolute atomic E-state index is 12.9. The Kier molecular flexibility index (Phi) is 4.37. The van der Waals surface area contributed by atoms with E-state index in [0.29, 0.717) is 12.1 Å². The van der Waals surface area contributed by atoms with Crippen molar-refractivity contribution in [3.8, 4) is 11.1 Å². The summed E-state index contributed by atoms with van der Waals surface area (Å²) in [7, 11) is 0. The van der Waals surface area contributed by atoms with Crippen LogP contribution in [0.2, 0.25) is 0 Å². The molecule has 1 aliphatic heterocycles. The van der Waals surface area contributed by atoms with E-state index in [0.717, 1.165) is 42.4 Å². The molecule has 2 aromatic carbocycles. The zero-order valence-corrected chi connectivity index (χ0v) is 12.5. The van der Waals surface area contributed by atoms with E-state index in [9.17, 15) is 13.2 Å². The van der Waals surface area contributed by atoms with E-state index >= 15 is 0 Å². The minimum Gasteiger partial charge on any atom is -0.370 e. The molecule has 23 heavy (non-hydrogen) atoms. The molecular weight excluding hydrogens is 301 g/mol. The quantitative estimate of drug-likeness (QED) is 0.875. The number of nitrogens with zero attached hydrogens (tertiary/aromatic N) is 1. The number of hydrogen-bond donors (Lipinski definition) is 1. The number of amidine groups is 1. The summed E-state index contributed by atoms with van der Waals surface area (Å²) in [5.41, 5.74) is 1.72. The van der Waals surface area contributed by atoms with Gasteiger partial charge in [-0.2, -0.15) is 13.2 Å². The largest absolute Gasteiger partial charge is 0.416 e. The molecule has 0 atom stereocenters. The summed E-state index contributed by atoms with van der Waals surface area (Å²) in [5.74, 6) is 0.976. The smallest absolute Gasteiger partial charge is 0.370 e. The van der Waals surface area contributed by atoms with E-state index in [-0.39, 0.29) is 0 Å². The second-order valence-electron chi connectivity index (χ2n) is 5.52. The molecule has 2 aromatic rings. The van der Waals surface area contributed by atoms with E-state index < -0.39 is 11.7 Å². The van der Waals surface area contributed by atoms with Gasteiger partial charge in [0.15, 0.2) is 0 Å². The average Bonchev–Trinajstić information content (AvgIpc) is 3.06. The van der Waals surface area contributed by atoms with Crippen LogP contribution in [0.25, 0.3) is 11.1 Å². The van der Waals surface area contributed by atoms with Crippen molar-refractivity contribution in [2.24, 2.45) is 4.99 Å². The second-order valence-corrected chi connectivity index (χ2v) is 5.52. The summed E-state index contributed by atoms with van der Waals surface area (Å²) in [6.45, 7) is 1.41. The van der Waals surface area contributed by atoms with E-state index in [2.05, 4.69) is 10.3 Å². The Balaban J connectivity index is 1.88. The van der Waals surface area contributed by atoms with Crippen molar-refractivity contribution in [1.82, 2.24) is 5.32 Å². The summed E-state index contributed by atoms with van der Waals surface area (Å²) in [5, 5.41) is 3.28. The van der Waals surface area contributed by atoms with Gasteiger partial charge in [-0.25, -0.2) is 0 Å². The zero-order chi connectivity index (χ0) is 16.3. The summed E-state index contributed by atoms with van der Waals surface area (Å²) < 4.78 is 38.7. The van der Waals surface area contributed by atoms with Gasteiger partial charge in [0.25, 0.3) is 0 Å². The first-order chi connectivity index (χ1) is 11.0. The maximum atomic E-state index is 12.9. The predicted octanol–water partition coefficient (Wildman–Crippen LogP) is 4.65. The van der Waals surface area contributed by atoms with E-state index in [1.165, 1.54) is 12.1 Å². The number of halogens is 3. The third kappa shape index (κ3) is 3.73. The van der Waals surface area contributed by atoms with Gasteiger partial charge < -0.3 is 5.32 Å². The van der Waals surface area contributed by atoms with Crippen LogP contribution in [0.5, 0.6) is 0 Å². The second kappa shape index (κ2) is 6.44. The van der Waals surface area contributed by atoms with Crippen LogP contribution in [0.1, 0.15) is 24.0 Å². The number of hydrogen-bond acceptors (Lipinski definition) is 2. The highest BCUT2D eigenvalue weighted by molar-refractivity contribution is 5.83. The van der Waals surface area contributed by atoms with Gasteiger partial charge in [0, 0.05) is 19.5 Å². The maximum Gasteiger partial charge on any atom is 0.416 e. The van der Waals surface area contributed by atoms with E-state index in [1.54, 1.807) is 6.07 Å². The number of alkyl halides is 3. The van der Waals surface area contributed by atoms with Crippen molar-refractivity contribution in [2.75, 3.05) is 6.54 Å². The van der Waals surface area contributed by atoms with Crippen LogP contribution in [0.4, 0.5) is 13.2 Å². The van der Waals surface area contributed by atoms with Crippen LogP contribution in [0.15, 0.2) is 53.5 Å². The lowest BCUT2D eigenvalue weighted by atomic mass is 9.98. The standard InChI is InChI=1S/C18H17F3N2/c19-18(20,21)15-7-3-6-13(11-15)16-8-2-1-5-14(16)12-23-17-9-4-10-22-17/h1-3,5-8,11H,4,9-10,12H2,(H,22,23). The molecule has 0 aromatic heterocycles. The number of nitrogens with one attached hydrogen (secondary N) is 1. The molecule has 0 saturated carbocycles. The number of aliphatic imine (C=N–C) groups is 1. The van der Waals surface area contributed by atoms with Crippen molar-refractivity contribution < 1.29 is 13.2 Å². The lowest BCUT2D eigenvalue weighted by Gasteiger charge is -2.13. The molecule has 2 nitrogen and oxygen atoms in total. The highest BCUT2D eigenvalue weighted by atomic mass is 19.4. The van der Waals surface area contributed by atoms with Crippen LogP contribution in [-0.2, 0) is 12.7 Å². The van der Waals surface area contributed by atoms with Crippen LogP contribution in [0.3, 0.4) is 0 Å². The molecule has 5 heteroatoms. The Hall–Kier alpha value is -2.30. The Morgan fingerprint density at radius 3 is 2.61 bits per heavy atom. The van der Waals surface area contributed by atoms with Gasteiger partial charge in [0.1, 0.15) is 0 Å². The van der Waals surface area contributed by atoms with Gasteiger partial charge >= 0.3 is 6.18 Å². The SMILES string of the molecule is FC(F)(F)c1cccc(-c2ccccc2CNC2=NCCC2)c1. The summed E-state index contributed by atoms with van der Waals surface area (Å²) in [4.78, 5) is 4.36. The van der Waals surface area contributed by atoms with Crippen molar-refractivity contribution in [1.29, 1.82) is 0 Å². The van der Waals surface area contributed by atoms with Gasteiger partial charge in [-0.3, -0.25) is 4.99 Å². The van der Waals surface area contributed by atoms with E-state index in [1.807, 2.05) is 24.3 Å². The molecule has 1 N–H and O–H groups in total. The van der Waals surface area contributed by atoms with Gasteiger partial charge in [-0.15, -0.1) is 0 Å². The molecule has 0 spiro atoms. The summed E-state index contributed by atoms with van der Waals surface area (Å²) in [6.07, 6.45) is -2.34. The predicted molar refractivity (Wildman–Crippen MR) is 85.3 cm³/mol. The van der Waals surface area contributed by atoms with Crippen LogP contribution >= 0.6 is 0 Å². The molecule has 0 unspecified atom stereocenters. The molecule has 0 radical (unpaired) electrons. The first-order valence-corrected chi connectivity index (χ1v) is 7.57. The van der Waals surface area contributed by atoms with E-state index in [4.69, 9.17) is 0 Å². The van der Waals surface area contributed by atoms with Gasteiger partial charge in [-0.1, -0.05) is 36.4 Å². The minimum absolute atomic E-state index is 0.561. The van der Waals surface area contributed by atoms with Crippen molar-refractivity contribution in [2.45, 2.75) is 25.6 Å². The third-order valence-corrected chi connectivity index (χ3v) is 3.88. The molecule has 1 heterocycles. The summed E-state index contributed by atoms with van der Waals surface area (Å²) >= 11 is 0. The average molecular weight is 318 g/mol. The first-order valence-electron chi connectivity index (χ1n) is 7.57. The molecule has 1 aliphatic rings. The fourth-order valence-electron chi connectivity index (χ4n) is 2.70. The normalized spacial score (nSPS) is 14.7. The Labute approximate surface area is 133 Å². The van der Waals surface area contributed by atoms with Crippen molar-refractivity contribution in [3.63, 3.8) is 0 Å². The highest BCUT2D eigenvalue weighted by Gasteiger charge is 2.30. The van der Waals surface area contributed by atoms with Crippen LogP contribution in [-0.4, -0.2) is 12.4 Å². The van der Waals surface area contributed by atoms with Gasteiger partial charge in [0.05, 0.1) is 11.4 Å². The number of benzene rings is 2. The minimum atomic E-state index is -4.33. The fraction of sp³-hybridized carbons (Fsp3) is 0.278. The van der Waals surface area contributed by atoms with Crippen molar-refractivity contribution >= 4 is 5.84 Å². The lowest BCUT2D eigenvalue weighted by Crippen LogP contribution is -2.21. The Bertz CT molecular complexity index is 720. The fourth-order valence-corrected chi connectivity index (χ4v) is 2.70. The first kappa shape index (κ1) is 15.6. The zero-order valence-electron chi connectivity index (χ0n) is 12.5. The van der Waals surface area contributed by atoms with Gasteiger partial charge in [0.2, 0.25) is 0 Å². The van der Waals surface area contributed by atoms with Crippen molar-refractivity contribution in [3.05, 3.63) is 59.7 Å². The molecule has 0 saturated heterocycles. The van der Waals surface area contributed by atoms with Crippen LogP contribution in [0, 0.1) is 0 Å². The lowest BCUT2D eigenvalue weighted by molar-refractivity contribution is -0.137. The molecule has 0 bridgehead atoms. The molecular formula is C18H17F3N2. The molecule has 120 valence electrons. The highest BCUT2D eigenvalue weighted by Crippen LogP contribution is 2.33. The molecule has 0 amide bonds. The Morgan fingerprint density at radius 1 is 1.04 bits per heavy atom.